The molecule has 1 aliphatic heterocycles. The largest absolute Gasteiger partial charge is 0.493 e. The van der Waals surface area contributed by atoms with E-state index in [4.69, 9.17) is 33.2 Å². The molecule has 1 aliphatic carbocycles. The Hall–Kier alpha value is -5.71. The van der Waals surface area contributed by atoms with Crippen LogP contribution >= 0.6 is 0 Å². The van der Waals surface area contributed by atoms with E-state index in [1.165, 1.54) is 14.2 Å². The van der Waals surface area contributed by atoms with Gasteiger partial charge in [-0.1, -0.05) is 0 Å². The van der Waals surface area contributed by atoms with Crippen molar-refractivity contribution in [2.45, 2.75) is 111 Å². The number of carbonyl (C=O) groups excluding carboxylic acids is 4. The van der Waals surface area contributed by atoms with E-state index in [9.17, 15) is 24.0 Å². The number of ether oxygens (including phenoxy) is 7. The van der Waals surface area contributed by atoms with Crippen LogP contribution in [0.25, 0.3) is 22.0 Å². The molecule has 5 rings (SSSR count). The fourth-order valence-electron chi connectivity index (χ4n) is 7.31. The lowest BCUT2D eigenvalue weighted by molar-refractivity contribution is 0.0203. The fourth-order valence-corrected chi connectivity index (χ4v) is 7.31. The van der Waals surface area contributed by atoms with Crippen LogP contribution in [0.4, 0.5) is 14.4 Å². The predicted octanol–water partition coefficient (Wildman–Crippen LogP) is 7.11. The fraction of sp³-hybridized carbons (Fsp3) is 0.587. The minimum atomic E-state index is -0.707. The van der Waals surface area contributed by atoms with Crippen LogP contribution in [0, 0.1) is 0 Å². The van der Waals surface area contributed by atoms with Gasteiger partial charge in [0.1, 0.15) is 16.8 Å². The molecule has 0 saturated carbocycles. The second kappa shape index (κ2) is 20.2. The van der Waals surface area contributed by atoms with Gasteiger partial charge in [-0.05, 0) is 125 Å². The molecule has 2 N–H and O–H groups in total. The number of benzene rings is 2. The Kier molecular flexibility index (Phi) is 15.5. The normalized spacial score (nSPS) is 13.0. The zero-order valence-electron chi connectivity index (χ0n) is 38.7. The van der Waals surface area contributed by atoms with Crippen LogP contribution in [0.15, 0.2) is 29.1 Å². The van der Waals surface area contributed by atoms with Crippen molar-refractivity contribution in [1.29, 1.82) is 0 Å². The summed E-state index contributed by atoms with van der Waals surface area (Å²) in [7, 11) is 3.00. The molecule has 0 fully saturated rings. The zero-order chi connectivity index (χ0) is 46.3. The highest BCUT2D eigenvalue weighted by atomic mass is 16.7. The molecule has 346 valence electrons. The molecule has 0 radical (unpaired) electrons. The summed E-state index contributed by atoms with van der Waals surface area (Å²) in [6, 6.07) is 6.74. The number of aromatic nitrogens is 1. The van der Waals surface area contributed by atoms with Gasteiger partial charge in [0.25, 0.3) is 5.56 Å². The SMILES string of the molecule is COc1cc2c3c(n(CCCNCCCN(CCCN(CCCNC(=O)OC(C)(C)C)C(=O)OC(C)(C)C)C(=O)OC(C)(C)C)c(=O)c2cc1OC)-c1cc2c(cc1C3=O)OCO2. The first-order valence-corrected chi connectivity index (χ1v) is 21.6. The molecule has 0 spiro atoms. The standard InChI is InChI=1S/C46H65N5O12/c1-44(2,3)61-41(54)48-18-14-20-50(43(56)63-46(7,8)9)22-15-21-49(42(55)62-45(4,5)6)19-12-16-47-17-13-23-51-38-30-25-35-36(60-28-59-35)26-31(30)39(52)37(38)29-24-33(57-10)34(58-11)27-32(29)40(51)53/h24-27,47H,12-23,28H2,1-11H3,(H,48,54). The molecule has 0 atom stereocenters. The summed E-state index contributed by atoms with van der Waals surface area (Å²) >= 11 is 0. The van der Waals surface area contributed by atoms with Gasteiger partial charge in [-0.2, -0.15) is 0 Å². The molecule has 17 heteroatoms. The van der Waals surface area contributed by atoms with Gasteiger partial charge >= 0.3 is 18.3 Å². The number of fused-ring (bicyclic) bond motifs is 6. The van der Waals surface area contributed by atoms with E-state index in [0.717, 1.165) is 0 Å². The van der Waals surface area contributed by atoms with Gasteiger partial charge in [-0.15, -0.1) is 0 Å². The second-order valence-electron chi connectivity index (χ2n) is 18.5. The highest BCUT2D eigenvalue weighted by molar-refractivity contribution is 6.27. The van der Waals surface area contributed by atoms with Crippen LogP contribution < -0.4 is 35.1 Å². The van der Waals surface area contributed by atoms with Crippen LogP contribution in [0.2, 0.25) is 0 Å². The Morgan fingerprint density at radius 2 is 1.14 bits per heavy atom. The van der Waals surface area contributed by atoms with E-state index in [1.807, 2.05) is 20.8 Å². The molecule has 0 bridgehead atoms. The molecule has 2 aliphatic rings. The summed E-state index contributed by atoms with van der Waals surface area (Å²) in [5, 5.41) is 6.97. The molecular formula is C46H65N5O12. The number of nitrogens with one attached hydrogen (secondary N) is 2. The Labute approximate surface area is 369 Å². The lowest BCUT2D eigenvalue weighted by Gasteiger charge is -2.30. The number of carbonyl (C=O) groups is 4. The summed E-state index contributed by atoms with van der Waals surface area (Å²) in [6.07, 6.45) is 0.632. The van der Waals surface area contributed by atoms with Gasteiger partial charge in [0.05, 0.1) is 30.9 Å². The maximum atomic E-state index is 14.2. The van der Waals surface area contributed by atoms with E-state index >= 15 is 0 Å². The maximum absolute atomic E-state index is 14.2. The number of amides is 3. The van der Waals surface area contributed by atoms with Crippen molar-refractivity contribution < 1.29 is 52.3 Å². The summed E-state index contributed by atoms with van der Waals surface area (Å²) in [5.74, 6) is 1.55. The highest BCUT2D eigenvalue weighted by Gasteiger charge is 2.36. The second-order valence-corrected chi connectivity index (χ2v) is 18.5. The smallest absolute Gasteiger partial charge is 0.410 e. The zero-order valence-corrected chi connectivity index (χ0v) is 38.7. The van der Waals surface area contributed by atoms with Crippen LogP contribution in [0.3, 0.4) is 0 Å². The minimum Gasteiger partial charge on any atom is -0.493 e. The monoisotopic (exact) mass is 879 g/mol. The first kappa shape index (κ1) is 48.3. The lowest BCUT2D eigenvalue weighted by Crippen LogP contribution is -2.42. The number of nitrogens with zero attached hydrogens (tertiary/aromatic N) is 3. The summed E-state index contributed by atoms with van der Waals surface area (Å²) in [6.45, 7) is 19.4. The lowest BCUT2D eigenvalue weighted by atomic mass is 10.0. The number of alkyl carbamates (subject to hydrolysis) is 1. The summed E-state index contributed by atoms with van der Waals surface area (Å²) < 4.78 is 40.6. The molecule has 3 amide bonds. The molecule has 3 aromatic rings. The van der Waals surface area contributed by atoms with E-state index in [1.54, 1.807) is 80.2 Å². The third-order valence-corrected chi connectivity index (χ3v) is 9.96. The van der Waals surface area contributed by atoms with E-state index in [0.29, 0.717) is 134 Å². The predicted molar refractivity (Wildman–Crippen MR) is 237 cm³/mol. The van der Waals surface area contributed by atoms with E-state index in [-0.39, 0.29) is 18.1 Å². The van der Waals surface area contributed by atoms with Crippen molar-refractivity contribution in [2.24, 2.45) is 0 Å². The van der Waals surface area contributed by atoms with Crippen molar-refractivity contribution >= 4 is 34.8 Å². The third-order valence-electron chi connectivity index (χ3n) is 9.96. The molecule has 17 nitrogen and oxygen atoms in total. The maximum Gasteiger partial charge on any atom is 0.410 e. The van der Waals surface area contributed by atoms with Crippen LogP contribution in [-0.4, -0.2) is 122 Å². The number of rotatable bonds is 18. The van der Waals surface area contributed by atoms with Gasteiger partial charge in [-0.25, -0.2) is 14.4 Å². The van der Waals surface area contributed by atoms with Crippen LogP contribution in [0.5, 0.6) is 23.0 Å². The molecular weight excluding hydrogens is 815 g/mol. The number of ketones is 1. The van der Waals surface area contributed by atoms with Gasteiger partial charge in [0.15, 0.2) is 28.8 Å². The van der Waals surface area contributed by atoms with Crippen molar-refractivity contribution in [1.82, 2.24) is 25.0 Å². The first-order chi connectivity index (χ1) is 29.6. The number of hydrogen-bond donors (Lipinski definition) is 2. The van der Waals surface area contributed by atoms with Crippen LogP contribution in [-0.2, 0) is 20.8 Å². The summed E-state index contributed by atoms with van der Waals surface area (Å²) in [4.78, 5) is 70.2. The topological polar surface area (TPSA) is 185 Å². The van der Waals surface area contributed by atoms with Gasteiger partial charge < -0.3 is 58.2 Å². The van der Waals surface area contributed by atoms with E-state index in [2.05, 4.69) is 10.6 Å². The minimum absolute atomic E-state index is 0.0483. The Morgan fingerprint density at radius 3 is 1.68 bits per heavy atom. The van der Waals surface area contributed by atoms with Crippen molar-refractivity contribution in [3.63, 3.8) is 0 Å². The number of pyridine rings is 1. The first-order valence-electron chi connectivity index (χ1n) is 21.6. The Balaban J connectivity index is 1.21. The molecule has 2 aromatic carbocycles. The van der Waals surface area contributed by atoms with Gasteiger partial charge in [0, 0.05) is 55.8 Å². The average molecular weight is 880 g/mol. The summed E-state index contributed by atoms with van der Waals surface area (Å²) in [5.41, 5.74) is -0.336. The van der Waals surface area contributed by atoms with Gasteiger partial charge in [0.2, 0.25) is 6.79 Å². The Morgan fingerprint density at radius 1 is 0.651 bits per heavy atom. The average Bonchev–Trinajstić information content (AvgIpc) is 3.76. The Bertz CT molecular complexity index is 2220. The molecule has 0 unspecified atom stereocenters. The van der Waals surface area contributed by atoms with Gasteiger partial charge in [-0.3, -0.25) is 9.59 Å². The molecule has 1 aromatic heterocycles. The number of hydrogen-bond acceptors (Lipinski definition) is 13. The number of methoxy groups -OCH3 is 2. The third kappa shape index (κ3) is 12.7. The molecule has 2 heterocycles. The van der Waals surface area contributed by atoms with Crippen molar-refractivity contribution in [3.8, 4) is 34.3 Å². The van der Waals surface area contributed by atoms with E-state index < -0.39 is 35.1 Å². The quantitative estimate of drug-likeness (QED) is 0.0762. The highest BCUT2D eigenvalue weighted by Crippen LogP contribution is 2.47. The van der Waals surface area contributed by atoms with Crippen molar-refractivity contribution in [2.75, 3.05) is 66.8 Å². The van der Waals surface area contributed by atoms with Crippen LogP contribution in [0.1, 0.15) is 104 Å². The molecule has 0 saturated heterocycles. The van der Waals surface area contributed by atoms with Crippen molar-refractivity contribution in [3.05, 3.63) is 45.7 Å². The molecule has 63 heavy (non-hydrogen) atoms.